The lowest BCUT2D eigenvalue weighted by atomic mass is 10.2. The maximum atomic E-state index is 11.0. The standard InChI is InChI=1S/C13H12N2O3/c14-9-4-5-12(11(7-9)13(16)17)18-8-10-3-1-2-6-15-10/h1-7H,8,14H2,(H,16,17). The van der Waals surface area contributed by atoms with Crippen molar-refractivity contribution in [1.82, 2.24) is 4.98 Å². The first kappa shape index (κ1) is 11.9. The molecule has 1 heterocycles. The Labute approximate surface area is 104 Å². The Bertz CT molecular complexity index is 555. The summed E-state index contributed by atoms with van der Waals surface area (Å²) >= 11 is 0. The van der Waals surface area contributed by atoms with Crippen LogP contribution in [0.25, 0.3) is 0 Å². The van der Waals surface area contributed by atoms with Gasteiger partial charge in [-0.3, -0.25) is 4.98 Å². The van der Waals surface area contributed by atoms with Gasteiger partial charge in [0.2, 0.25) is 0 Å². The monoisotopic (exact) mass is 244 g/mol. The highest BCUT2D eigenvalue weighted by molar-refractivity contribution is 5.92. The molecule has 2 aromatic rings. The number of carbonyl (C=O) groups is 1. The molecule has 0 unspecified atom stereocenters. The van der Waals surface area contributed by atoms with Gasteiger partial charge in [0.15, 0.2) is 0 Å². The fourth-order valence-electron chi connectivity index (χ4n) is 1.48. The number of rotatable bonds is 4. The average Bonchev–Trinajstić information content (AvgIpc) is 2.38. The molecule has 0 radical (unpaired) electrons. The van der Waals surface area contributed by atoms with E-state index in [4.69, 9.17) is 15.6 Å². The molecule has 0 saturated heterocycles. The van der Waals surface area contributed by atoms with E-state index in [2.05, 4.69) is 4.98 Å². The lowest BCUT2D eigenvalue weighted by Crippen LogP contribution is -2.05. The Morgan fingerprint density at radius 3 is 2.83 bits per heavy atom. The summed E-state index contributed by atoms with van der Waals surface area (Å²) in [6.07, 6.45) is 1.65. The fourth-order valence-corrected chi connectivity index (χ4v) is 1.48. The van der Waals surface area contributed by atoms with E-state index in [0.29, 0.717) is 5.69 Å². The summed E-state index contributed by atoms with van der Waals surface area (Å²) in [6, 6.07) is 9.96. The molecule has 0 bridgehead atoms. The molecule has 92 valence electrons. The second kappa shape index (κ2) is 5.18. The number of pyridine rings is 1. The van der Waals surface area contributed by atoms with E-state index in [1.54, 1.807) is 30.5 Å². The van der Waals surface area contributed by atoms with E-state index in [0.717, 1.165) is 5.69 Å². The number of nitrogen functional groups attached to an aromatic ring is 1. The van der Waals surface area contributed by atoms with Gasteiger partial charge in [-0.2, -0.15) is 0 Å². The van der Waals surface area contributed by atoms with Crippen LogP contribution in [0, 0.1) is 0 Å². The molecule has 5 nitrogen and oxygen atoms in total. The van der Waals surface area contributed by atoms with Gasteiger partial charge in [-0.1, -0.05) is 6.07 Å². The van der Waals surface area contributed by atoms with Crippen LogP contribution >= 0.6 is 0 Å². The number of nitrogens with zero attached hydrogens (tertiary/aromatic N) is 1. The number of hydrogen-bond donors (Lipinski definition) is 2. The highest BCUT2D eigenvalue weighted by atomic mass is 16.5. The Morgan fingerprint density at radius 1 is 1.33 bits per heavy atom. The highest BCUT2D eigenvalue weighted by Gasteiger charge is 2.11. The number of aromatic carboxylic acids is 1. The molecule has 0 saturated carbocycles. The molecule has 1 aromatic carbocycles. The SMILES string of the molecule is Nc1ccc(OCc2ccccn2)c(C(=O)O)c1. The molecule has 1 aromatic heterocycles. The quantitative estimate of drug-likeness (QED) is 0.803. The van der Waals surface area contributed by atoms with Crippen LogP contribution in [0.4, 0.5) is 5.69 Å². The van der Waals surface area contributed by atoms with E-state index in [9.17, 15) is 4.79 Å². The summed E-state index contributed by atoms with van der Waals surface area (Å²) in [5.41, 5.74) is 6.70. The number of ether oxygens (including phenoxy) is 1. The van der Waals surface area contributed by atoms with Crippen LogP contribution < -0.4 is 10.5 Å². The highest BCUT2D eigenvalue weighted by Crippen LogP contribution is 2.22. The van der Waals surface area contributed by atoms with Gasteiger partial charge in [-0.15, -0.1) is 0 Å². The molecule has 5 heteroatoms. The van der Waals surface area contributed by atoms with Crippen LogP contribution in [0.1, 0.15) is 16.1 Å². The molecule has 0 aliphatic rings. The van der Waals surface area contributed by atoms with Gasteiger partial charge in [0.1, 0.15) is 17.9 Å². The predicted octanol–water partition coefficient (Wildman–Crippen LogP) is 1.94. The van der Waals surface area contributed by atoms with Crippen molar-refractivity contribution in [1.29, 1.82) is 0 Å². The number of carboxylic acids is 1. The van der Waals surface area contributed by atoms with Crippen molar-refractivity contribution in [2.24, 2.45) is 0 Å². The van der Waals surface area contributed by atoms with Crippen molar-refractivity contribution in [3.8, 4) is 5.75 Å². The summed E-state index contributed by atoms with van der Waals surface area (Å²) in [4.78, 5) is 15.1. The third-order valence-corrected chi connectivity index (χ3v) is 2.34. The first-order valence-electron chi connectivity index (χ1n) is 5.32. The van der Waals surface area contributed by atoms with Gasteiger partial charge in [-0.25, -0.2) is 4.79 Å². The second-order valence-electron chi connectivity index (χ2n) is 3.67. The van der Waals surface area contributed by atoms with Gasteiger partial charge in [0.25, 0.3) is 0 Å². The van der Waals surface area contributed by atoms with Crippen molar-refractivity contribution in [2.75, 3.05) is 5.73 Å². The lowest BCUT2D eigenvalue weighted by Gasteiger charge is -2.09. The van der Waals surface area contributed by atoms with Gasteiger partial charge in [0.05, 0.1) is 5.69 Å². The third-order valence-electron chi connectivity index (χ3n) is 2.34. The third kappa shape index (κ3) is 2.76. The fraction of sp³-hybridized carbons (Fsp3) is 0.0769. The molecule has 0 spiro atoms. The summed E-state index contributed by atoms with van der Waals surface area (Å²) in [5, 5.41) is 9.04. The topological polar surface area (TPSA) is 85.4 Å². The zero-order valence-electron chi connectivity index (χ0n) is 9.54. The maximum absolute atomic E-state index is 11.0. The molecule has 2 rings (SSSR count). The van der Waals surface area contributed by atoms with Crippen molar-refractivity contribution in [3.63, 3.8) is 0 Å². The van der Waals surface area contributed by atoms with Crippen molar-refractivity contribution in [3.05, 3.63) is 53.9 Å². The normalized spacial score (nSPS) is 10.0. The maximum Gasteiger partial charge on any atom is 0.339 e. The Hall–Kier alpha value is -2.56. The molecular formula is C13H12N2O3. The number of aromatic nitrogens is 1. The predicted molar refractivity (Wildman–Crippen MR) is 66.4 cm³/mol. The molecule has 0 atom stereocenters. The lowest BCUT2D eigenvalue weighted by molar-refractivity contribution is 0.0691. The Balaban J connectivity index is 2.17. The van der Waals surface area contributed by atoms with Gasteiger partial charge < -0.3 is 15.6 Å². The number of carboxylic acid groups (broad SMARTS) is 1. The molecule has 0 aliphatic carbocycles. The van der Waals surface area contributed by atoms with Crippen molar-refractivity contribution < 1.29 is 14.6 Å². The largest absolute Gasteiger partial charge is 0.486 e. The number of anilines is 1. The van der Waals surface area contributed by atoms with E-state index < -0.39 is 5.97 Å². The summed E-state index contributed by atoms with van der Waals surface area (Å²) < 4.78 is 5.44. The van der Waals surface area contributed by atoms with Crippen LogP contribution in [0.2, 0.25) is 0 Å². The summed E-state index contributed by atoms with van der Waals surface area (Å²) in [7, 11) is 0. The molecule has 3 N–H and O–H groups in total. The zero-order chi connectivity index (χ0) is 13.0. The molecular weight excluding hydrogens is 232 g/mol. The van der Waals surface area contributed by atoms with E-state index in [-0.39, 0.29) is 17.9 Å². The van der Waals surface area contributed by atoms with Crippen molar-refractivity contribution in [2.45, 2.75) is 6.61 Å². The van der Waals surface area contributed by atoms with Gasteiger partial charge >= 0.3 is 5.97 Å². The number of hydrogen-bond acceptors (Lipinski definition) is 4. The van der Waals surface area contributed by atoms with Crippen LogP contribution in [-0.4, -0.2) is 16.1 Å². The minimum absolute atomic E-state index is 0.0472. The van der Waals surface area contributed by atoms with Gasteiger partial charge in [-0.05, 0) is 30.3 Å². The van der Waals surface area contributed by atoms with E-state index >= 15 is 0 Å². The summed E-state index contributed by atoms with van der Waals surface area (Å²) in [5.74, 6) is -0.791. The average molecular weight is 244 g/mol. The zero-order valence-corrected chi connectivity index (χ0v) is 9.54. The molecule has 0 fully saturated rings. The van der Waals surface area contributed by atoms with Crippen LogP contribution in [-0.2, 0) is 6.61 Å². The number of nitrogens with two attached hydrogens (primary N) is 1. The van der Waals surface area contributed by atoms with E-state index in [1.807, 2.05) is 6.07 Å². The smallest absolute Gasteiger partial charge is 0.339 e. The molecule has 18 heavy (non-hydrogen) atoms. The van der Waals surface area contributed by atoms with Crippen LogP contribution in [0.3, 0.4) is 0 Å². The Morgan fingerprint density at radius 2 is 2.17 bits per heavy atom. The first-order chi connectivity index (χ1) is 8.66. The molecule has 0 amide bonds. The van der Waals surface area contributed by atoms with Gasteiger partial charge in [0, 0.05) is 11.9 Å². The van der Waals surface area contributed by atoms with Crippen molar-refractivity contribution >= 4 is 11.7 Å². The minimum Gasteiger partial charge on any atom is -0.486 e. The minimum atomic E-state index is -1.07. The number of benzene rings is 1. The first-order valence-corrected chi connectivity index (χ1v) is 5.32. The van der Waals surface area contributed by atoms with Crippen LogP contribution in [0.5, 0.6) is 5.75 Å². The Kier molecular flexibility index (Phi) is 3.43. The molecule has 0 aliphatic heterocycles. The van der Waals surface area contributed by atoms with E-state index in [1.165, 1.54) is 6.07 Å². The second-order valence-corrected chi connectivity index (χ2v) is 3.67. The summed E-state index contributed by atoms with van der Waals surface area (Å²) in [6.45, 7) is 0.213. The van der Waals surface area contributed by atoms with Crippen LogP contribution in [0.15, 0.2) is 42.6 Å².